The molecule has 2 aromatic heterocycles. The minimum absolute atomic E-state index is 0.578. The Kier molecular flexibility index (Phi) is 4.56. The molecule has 1 saturated heterocycles. The van der Waals surface area contributed by atoms with Gasteiger partial charge in [-0.15, -0.1) is 0 Å². The largest absolute Gasteiger partial charge is 0.338 e. The van der Waals surface area contributed by atoms with Crippen molar-refractivity contribution < 1.29 is 4.52 Å². The van der Waals surface area contributed by atoms with Crippen molar-refractivity contribution in [2.45, 2.75) is 32.9 Å². The molecule has 0 unspecified atom stereocenters. The fraction of sp³-hybridized carbons (Fsp3) is 0.444. The van der Waals surface area contributed by atoms with Gasteiger partial charge in [0.05, 0.1) is 6.54 Å². The molecule has 0 aliphatic carbocycles. The van der Waals surface area contributed by atoms with E-state index in [4.69, 9.17) is 4.52 Å². The molecule has 0 spiro atoms. The molecule has 25 heavy (non-hydrogen) atoms. The molecule has 7 heteroatoms. The van der Waals surface area contributed by atoms with Crippen LogP contribution in [-0.4, -0.2) is 42.9 Å². The highest BCUT2D eigenvalue weighted by molar-refractivity contribution is 5.58. The summed E-state index contributed by atoms with van der Waals surface area (Å²) in [7, 11) is 0. The molecule has 1 aromatic carbocycles. The summed E-state index contributed by atoms with van der Waals surface area (Å²) in [5.74, 6) is 1.93. The molecule has 0 amide bonds. The molecule has 1 atom stereocenters. The number of nitrogens with zero attached hydrogens (tertiary/aromatic N) is 6. The van der Waals surface area contributed by atoms with Crippen LogP contribution in [0.1, 0.15) is 24.3 Å². The lowest BCUT2D eigenvalue weighted by Crippen LogP contribution is -2.36. The highest BCUT2D eigenvalue weighted by atomic mass is 16.5. The van der Waals surface area contributed by atoms with Crippen molar-refractivity contribution in [3.63, 3.8) is 0 Å². The van der Waals surface area contributed by atoms with E-state index in [0.29, 0.717) is 24.2 Å². The lowest BCUT2D eigenvalue weighted by atomic mass is 9.98. The first-order valence-electron chi connectivity index (χ1n) is 8.71. The van der Waals surface area contributed by atoms with E-state index in [-0.39, 0.29) is 0 Å². The second kappa shape index (κ2) is 7.14. The molecular formula is C18H22N6O. The molecule has 0 N–H and O–H groups in total. The van der Waals surface area contributed by atoms with Crippen molar-refractivity contribution in [3.05, 3.63) is 48.4 Å². The quantitative estimate of drug-likeness (QED) is 0.712. The Balaban J connectivity index is 1.39. The van der Waals surface area contributed by atoms with Crippen LogP contribution < -0.4 is 0 Å². The van der Waals surface area contributed by atoms with Crippen LogP contribution in [0.5, 0.6) is 0 Å². The van der Waals surface area contributed by atoms with Gasteiger partial charge in [0, 0.05) is 18.7 Å². The van der Waals surface area contributed by atoms with Crippen LogP contribution >= 0.6 is 0 Å². The van der Waals surface area contributed by atoms with E-state index in [9.17, 15) is 0 Å². The first-order chi connectivity index (χ1) is 12.3. The van der Waals surface area contributed by atoms with Gasteiger partial charge >= 0.3 is 0 Å². The fourth-order valence-corrected chi connectivity index (χ4v) is 3.48. The van der Waals surface area contributed by atoms with Crippen molar-refractivity contribution in [2.24, 2.45) is 5.92 Å². The average molecular weight is 338 g/mol. The maximum Gasteiger partial charge on any atom is 0.241 e. The number of aromatic nitrogens is 5. The maximum atomic E-state index is 5.49. The standard InChI is InChI=1S/C18H22N6O/c1-14-5-2-3-7-16(14)18-21-17(25-22-18)11-23-8-4-6-15(9-23)10-24-13-19-12-20-24/h2-3,5,7,12-13,15H,4,6,8-11H2,1H3/t15-/m0/s1. The Morgan fingerprint density at radius 3 is 3.04 bits per heavy atom. The molecule has 7 nitrogen and oxygen atoms in total. The van der Waals surface area contributed by atoms with E-state index < -0.39 is 0 Å². The van der Waals surface area contributed by atoms with Crippen molar-refractivity contribution >= 4 is 0 Å². The second-order valence-electron chi connectivity index (χ2n) is 6.69. The summed E-state index contributed by atoms with van der Waals surface area (Å²) in [6.45, 7) is 5.75. The van der Waals surface area contributed by atoms with Gasteiger partial charge in [0.15, 0.2) is 0 Å². The van der Waals surface area contributed by atoms with Gasteiger partial charge in [-0.2, -0.15) is 10.1 Å². The molecule has 1 fully saturated rings. The van der Waals surface area contributed by atoms with E-state index in [1.54, 1.807) is 12.7 Å². The van der Waals surface area contributed by atoms with Gasteiger partial charge in [-0.1, -0.05) is 29.4 Å². The number of benzene rings is 1. The summed E-state index contributed by atoms with van der Waals surface area (Å²) >= 11 is 0. The minimum Gasteiger partial charge on any atom is -0.338 e. The highest BCUT2D eigenvalue weighted by Gasteiger charge is 2.22. The van der Waals surface area contributed by atoms with Gasteiger partial charge in [-0.05, 0) is 37.8 Å². The predicted octanol–water partition coefficient (Wildman–Crippen LogP) is 2.55. The third-order valence-electron chi connectivity index (χ3n) is 4.73. The smallest absolute Gasteiger partial charge is 0.241 e. The SMILES string of the molecule is Cc1ccccc1-c1noc(CN2CCC[C@H](Cn3cncn3)C2)n1. The highest BCUT2D eigenvalue weighted by Crippen LogP contribution is 2.22. The number of rotatable bonds is 5. The van der Waals surface area contributed by atoms with Gasteiger partial charge in [0.1, 0.15) is 12.7 Å². The molecule has 0 radical (unpaired) electrons. The third kappa shape index (κ3) is 3.76. The summed E-state index contributed by atoms with van der Waals surface area (Å²) in [5.41, 5.74) is 2.18. The van der Waals surface area contributed by atoms with Crippen molar-refractivity contribution in [1.29, 1.82) is 0 Å². The van der Waals surface area contributed by atoms with Crippen LogP contribution in [-0.2, 0) is 13.1 Å². The number of aryl methyl sites for hydroxylation is 1. The molecule has 0 bridgehead atoms. The molecule has 130 valence electrons. The van der Waals surface area contributed by atoms with Crippen LogP contribution in [0.25, 0.3) is 11.4 Å². The summed E-state index contributed by atoms with van der Waals surface area (Å²) < 4.78 is 7.40. The summed E-state index contributed by atoms with van der Waals surface area (Å²) in [5, 5.41) is 8.37. The summed E-state index contributed by atoms with van der Waals surface area (Å²) in [6.07, 6.45) is 5.77. The first kappa shape index (κ1) is 16.0. The lowest BCUT2D eigenvalue weighted by Gasteiger charge is -2.31. The Morgan fingerprint density at radius 1 is 1.28 bits per heavy atom. The summed E-state index contributed by atoms with van der Waals surface area (Å²) in [6, 6.07) is 8.10. The van der Waals surface area contributed by atoms with Gasteiger partial charge < -0.3 is 4.52 Å². The second-order valence-corrected chi connectivity index (χ2v) is 6.69. The van der Waals surface area contributed by atoms with E-state index in [1.807, 2.05) is 22.9 Å². The summed E-state index contributed by atoms with van der Waals surface area (Å²) in [4.78, 5) is 11.0. The lowest BCUT2D eigenvalue weighted by molar-refractivity contribution is 0.138. The van der Waals surface area contributed by atoms with E-state index in [1.165, 1.54) is 12.8 Å². The average Bonchev–Trinajstić information content (AvgIpc) is 3.28. The topological polar surface area (TPSA) is 72.9 Å². The molecule has 3 heterocycles. The van der Waals surface area contributed by atoms with Crippen LogP contribution in [0, 0.1) is 12.8 Å². The normalized spacial score (nSPS) is 18.5. The first-order valence-corrected chi connectivity index (χ1v) is 8.71. The maximum absolute atomic E-state index is 5.49. The van der Waals surface area contributed by atoms with Gasteiger partial charge in [0.2, 0.25) is 11.7 Å². The number of hydrogen-bond donors (Lipinski definition) is 0. The monoisotopic (exact) mass is 338 g/mol. The fourth-order valence-electron chi connectivity index (χ4n) is 3.48. The molecule has 1 aliphatic rings. The van der Waals surface area contributed by atoms with Crippen molar-refractivity contribution in [1.82, 2.24) is 29.8 Å². The molecule has 1 aliphatic heterocycles. The Hall–Kier alpha value is -2.54. The minimum atomic E-state index is 0.578. The van der Waals surface area contributed by atoms with E-state index in [0.717, 1.165) is 30.8 Å². The zero-order chi connectivity index (χ0) is 17.1. The van der Waals surface area contributed by atoms with Crippen LogP contribution in [0.15, 0.2) is 41.4 Å². The van der Waals surface area contributed by atoms with Gasteiger partial charge in [0.25, 0.3) is 0 Å². The Labute approximate surface area is 146 Å². The molecular weight excluding hydrogens is 316 g/mol. The Bertz CT molecular complexity index is 813. The van der Waals surface area contributed by atoms with Crippen LogP contribution in [0.2, 0.25) is 0 Å². The number of likely N-dealkylation sites (tertiary alicyclic amines) is 1. The predicted molar refractivity (Wildman–Crippen MR) is 92.5 cm³/mol. The van der Waals surface area contributed by atoms with Gasteiger partial charge in [-0.3, -0.25) is 9.58 Å². The van der Waals surface area contributed by atoms with Gasteiger partial charge in [-0.25, -0.2) is 4.98 Å². The molecule has 4 rings (SSSR count). The third-order valence-corrected chi connectivity index (χ3v) is 4.73. The van der Waals surface area contributed by atoms with Crippen molar-refractivity contribution in [2.75, 3.05) is 13.1 Å². The van der Waals surface area contributed by atoms with Crippen LogP contribution in [0.4, 0.5) is 0 Å². The number of hydrogen-bond acceptors (Lipinski definition) is 6. The number of piperidine rings is 1. The van der Waals surface area contributed by atoms with Crippen molar-refractivity contribution in [3.8, 4) is 11.4 Å². The Morgan fingerprint density at radius 2 is 2.20 bits per heavy atom. The molecule has 3 aromatic rings. The zero-order valence-electron chi connectivity index (χ0n) is 14.4. The zero-order valence-corrected chi connectivity index (χ0v) is 14.4. The molecule has 0 saturated carbocycles. The van der Waals surface area contributed by atoms with E-state index in [2.05, 4.69) is 38.1 Å². The van der Waals surface area contributed by atoms with E-state index >= 15 is 0 Å². The van der Waals surface area contributed by atoms with Crippen LogP contribution in [0.3, 0.4) is 0 Å².